The van der Waals surface area contributed by atoms with Gasteiger partial charge in [-0.1, -0.05) is 30.2 Å². The first kappa shape index (κ1) is 12.7. The first-order chi connectivity index (χ1) is 9.31. The number of para-hydroxylation sites is 1. The molecule has 0 spiro atoms. The van der Waals surface area contributed by atoms with E-state index in [1.54, 1.807) is 0 Å². The van der Waals surface area contributed by atoms with Crippen LogP contribution >= 0.6 is 11.6 Å². The van der Waals surface area contributed by atoms with Crippen molar-refractivity contribution in [3.8, 4) is 0 Å². The van der Waals surface area contributed by atoms with Crippen molar-refractivity contribution in [2.75, 3.05) is 11.9 Å². The Labute approximate surface area is 119 Å². The van der Waals surface area contributed by atoms with Gasteiger partial charge in [-0.15, -0.1) is 0 Å². The predicted molar refractivity (Wildman–Crippen MR) is 82.2 cm³/mol. The Morgan fingerprint density at radius 1 is 1.21 bits per heavy atom. The predicted octanol–water partition coefficient (Wildman–Crippen LogP) is 4.59. The molecule has 3 heteroatoms. The summed E-state index contributed by atoms with van der Waals surface area (Å²) in [5, 5.41) is 5.45. The number of anilines is 1. The number of nitrogens with one attached hydrogen (secondary N) is 1. The van der Waals surface area contributed by atoms with Crippen LogP contribution in [-0.2, 0) is 12.8 Å². The number of halogens is 1. The summed E-state index contributed by atoms with van der Waals surface area (Å²) in [7, 11) is 0. The number of nitrogens with zero attached hydrogens (tertiary/aromatic N) is 1. The van der Waals surface area contributed by atoms with Gasteiger partial charge in [0.25, 0.3) is 0 Å². The van der Waals surface area contributed by atoms with Crippen LogP contribution in [0.1, 0.15) is 37.4 Å². The van der Waals surface area contributed by atoms with E-state index in [4.69, 9.17) is 16.6 Å². The molecule has 100 valence electrons. The minimum absolute atomic E-state index is 0.753. The van der Waals surface area contributed by atoms with Crippen molar-refractivity contribution in [1.82, 2.24) is 4.98 Å². The van der Waals surface area contributed by atoms with Crippen LogP contribution in [0.15, 0.2) is 18.2 Å². The summed E-state index contributed by atoms with van der Waals surface area (Å²) < 4.78 is 0. The first-order valence-electron chi connectivity index (χ1n) is 7.15. The maximum Gasteiger partial charge on any atom is 0.0912 e. The molecule has 0 saturated carbocycles. The third kappa shape index (κ3) is 2.30. The van der Waals surface area contributed by atoms with Crippen molar-refractivity contribution in [2.45, 2.75) is 39.0 Å². The smallest absolute Gasteiger partial charge is 0.0912 e. The summed E-state index contributed by atoms with van der Waals surface area (Å²) in [5.41, 5.74) is 4.86. The van der Waals surface area contributed by atoms with Crippen LogP contribution in [0, 0.1) is 0 Å². The minimum Gasteiger partial charge on any atom is -0.384 e. The standard InChI is InChI=1S/C16H19ClN2/c1-2-18-15-11-7-4-3-5-10-14(11)19-16-12(15)8-6-9-13(16)17/h6,8-9H,2-5,7,10H2,1H3,(H,18,19). The van der Waals surface area contributed by atoms with Gasteiger partial charge in [-0.05, 0) is 44.2 Å². The van der Waals surface area contributed by atoms with Crippen molar-refractivity contribution >= 4 is 28.2 Å². The lowest BCUT2D eigenvalue weighted by molar-refractivity contribution is 0.709. The van der Waals surface area contributed by atoms with E-state index in [9.17, 15) is 0 Å². The number of rotatable bonds is 2. The van der Waals surface area contributed by atoms with Gasteiger partial charge < -0.3 is 5.32 Å². The van der Waals surface area contributed by atoms with Crippen molar-refractivity contribution in [3.63, 3.8) is 0 Å². The second-order valence-electron chi connectivity index (χ2n) is 5.14. The van der Waals surface area contributed by atoms with Gasteiger partial charge in [0.2, 0.25) is 0 Å². The molecule has 0 atom stereocenters. The summed E-state index contributed by atoms with van der Waals surface area (Å²) >= 11 is 6.32. The van der Waals surface area contributed by atoms with Crippen LogP contribution in [0.25, 0.3) is 10.9 Å². The van der Waals surface area contributed by atoms with Gasteiger partial charge in [-0.25, -0.2) is 0 Å². The molecule has 1 aliphatic carbocycles. The van der Waals surface area contributed by atoms with Gasteiger partial charge in [-0.3, -0.25) is 4.98 Å². The van der Waals surface area contributed by atoms with Crippen molar-refractivity contribution < 1.29 is 0 Å². The molecule has 0 unspecified atom stereocenters. The lowest BCUT2D eigenvalue weighted by Crippen LogP contribution is -2.06. The van der Waals surface area contributed by atoms with Gasteiger partial charge in [0.05, 0.1) is 10.5 Å². The Morgan fingerprint density at radius 2 is 2.05 bits per heavy atom. The lowest BCUT2D eigenvalue weighted by atomic mass is 10.0. The fourth-order valence-electron chi connectivity index (χ4n) is 2.97. The van der Waals surface area contributed by atoms with Crippen molar-refractivity contribution in [1.29, 1.82) is 0 Å². The molecular formula is C16H19ClN2. The number of fused-ring (bicyclic) bond motifs is 2. The van der Waals surface area contributed by atoms with Crippen LogP contribution in [-0.4, -0.2) is 11.5 Å². The molecule has 0 aliphatic heterocycles. The fourth-order valence-corrected chi connectivity index (χ4v) is 3.18. The second-order valence-corrected chi connectivity index (χ2v) is 5.55. The van der Waals surface area contributed by atoms with E-state index in [1.165, 1.54) is 36.2 Å². The molecule has 1 heterocycles. The van der Waals surface area contributed by atoms with Crippen LogP contribution in [0.2, 0.25) is 5.02 Å². The number of hydrogen-bond donors (Lipinski definition) is 1. The Hall–Kier alpha value is -1.28. The van der Waals surface area contributed by atoms with Gasteiger partial charge in [-0.2, -0.15) is 0 Å². The molecule has 1 aliphatic rings. The average Bonchev–Trinajstić information content (AvgIpc) is 2.65. The largest absolute Gasteiger partial charge is 0.384 e. The summed E-state index contributed by atoms with van der Waals surface area (Å²) in [6.07, 6.45) is 6.01. The van der Waals surface area contributed by atoms with E-state index in [-0.39, 0.29) is 0 Å². The Bertz CT molecular complexity index is 607. The number of benzene rings is 1. The van der Waals surface area contributed by atoms with Crippen molar-refractivity contribution in [2.24, 2.45) is 0 Å². The van der Waals surface area contributed by atoms with Crippen LogP contribution in [0.3, 0.4) is 0 Å². The topological polar surface area (TPSA) is 24.9 Å². The molecule has 0 amide bonds. The zero-order valence-electron chi connectivity index (χ0n) is 11.3. The molecule has 0 saturated heterocycles. The molecule has 3 rings (SSSR count). The van der Waals surface area contributed by atoms with E-state index >= 15 is 0 Å². The third-order valence-electron chi connectivity index (χ3n) is 3.85. The zero-order chi connectivity index (χ0) is 13.2. The molecule has 0 fully saturated rings. The van der Waals surface area contributed by atoms with Gasteiger partial charge in [0, 0.05) is 23.3 Å². The number of aromatic nitrogens is 1. The third-order valence-corrected chi connectivity index (χ3v) is 4.15. The van der Waals surface area contributed by atoms with Gasteiger partial charge >= 0.3 is 0 Å². The highest BCUT2D eigenvalue weighted by molar-refractivity contribution is 6.35. The Morgan fingerprint density at radius 3 is 2.89 bits per heavy atom. The number of hydrogen-bond acceptors (Lipinski definition) is 2. The SMILES string of the molecule is CCNc1c2c(nc3c(Cl)cccc13)CCCCC2. The molecule has 1 aromatic carbocycles. The van der Waals surface area contributed by atoms with Gasteiger partial charge in [0.1, 0.15) is 0 Å². The summed E-state index contributed by atoms with van der Waals surface area (Å²) in [6, 6.07) is 6.06. The van der Waals surface area contributed by atoms with Crippen LogP contribution < -0.4 is 5.32 Å². The maximum absolute atomic E-state index is 6.32. The van der Waals surface area contributed by atoms with Crippen LogP contribution in [0.5, 0.6) is 0 Å². The molecule has 1 N–H and O–H groups in total. The lowest BCUT2D eigenvalue weighted by Gasteiger charge is -2.16. The van der Waals surface area contributed by atoms with E-state index in [1.807, 2.05) is 12.1 Å². The maximum atomic E-state index is 6.32. The quantitative estimate of drug-likeness (QED) is 0.810. The number of aryl methyl sites for hydroxylation is 1. The molecule has 2 nitrogen and oxygen atoms in total. The normalized spacial score (nSPS) is 15.1. The molecule has 19 heavy (non-hydrogen) atoms. The molecule has 2 aromatic rings. The zero-order valence-corrected chi connectivity index (χ0v) is 12.1. The highest BCUT2D eigenvalue weighted by Crippen LogP contribution is 2.35. The fraction of sp³-hybridized carbons (Fsp3) is 0.438. The molecule has 0 bridgehead atoms. The van der Waals surface area contributed by atoms with E-state index in [0.29, 0.717) is 0 Å². The summed E-state index contributed by atoms with van der Waals surface area (Å²) in [4.78, 5) is 4.85. The van der Waals surface area contributed by atoms with Crippen LogP contribution in [0.4, 0.5) is 5.69 Å². The average molecular weight is 275 g/mol. The van der Waals surface area contributed by atoms with E-state index < -0.39 is 0 Å². The molecule has 0 radical (unpaired) electrons. The van der Waals surface area contributed by atoms with E-state index in [0.717, 1.165) is 35.3 Å². The molecular weight excluding hydrogens is 256 g/mol. The highest BCUT2D eigenvalue weighted by atomic mass is 35.5. The van der Waals surface area contributed by atoms with Gasteiger partial charge in [0.15, 0.2) is 0 Å². The number of pyridine rings is 1. The monoisotopic (exact) mass is 274 g/mol. The minimum atomic E-state index is 0.753. The highest BCUT2D eigenvalue weighted by Gasteiger charge is 2.17. The summed E-state index contributed by atoms with van der Waals surface area (Å²) in [6.45, 7) is 3.07. The first-order valence-corrected chi connectivity index (χ1v) is 7.53. The second kappa shape index (κ2) is 5.38. The summed E-state index contributed by atoms with van der Waals surface area (Å²) in [5.74, 6) is 0. The molecule has 1 aromatic heterocycles. The Kier molecular flexibility index (Phi) is 3.61. The van der Waals surface area contributed by atoms with Crippen molar-refractivity contribution in [3.05, 3.63) is 34.5 Å². The van der Waals surface area contributed by atoms with E-state index in [2.05, 4.69) is 18.3 Å². The Balaban J connectivity index is 2.30.